The lowest BCUT2D eigenvalue weighted by Crippen LogP contribution is -2.00. The van der Waals surface area contributed by atoms with Gasteiger partial charge in [0.25, 0.3) is 0 Å². The molecule has 0 bridgehead atoms. The number of nitrogens with two attached hydrogens (primary N) is 1. The average molecular weight is 276 g/mol. The van der Waals surface area contributed by atoms with Gasteiger partial charge in [-0.1, -0.05) is 30.4 Å². The maximum Gasteiger partial charge on any atom is 0.213 e. The molecule has 0 aliphatic heterocycles. The van der Waals surface area contributed by atoms with Crippen molar-refractivity contribution < 1.29 is 0 Å². The summed E-state index contributed by atoms with van der Waals surface area (Å²) in [6.45, 7) is 2.09. The summed E-state index contributed by atoms with van der Waals surface area (Å²) in [4.78, 5) is 4.55. The molecule has 0 fully saturated rings. The third kappa shape index (κ3) is 1.97. The molecule has 3 aromatic rings. The summed E-state index contributed by atoms with van der Waals surface area (Å²) in [7, 11) is 0. The fourth-order valence-corrected chi connectivity index (χ4v) is 3.27. The Morgan fingerprint density at radius 2 is 2.22 bits per heavy atom. The van der Waals surface area contributed by atoms with Gasteiger partial charge in [-0.05, 0) is 17.9 Å². The fraction of sp³-hybridized carbons (Fsp3) is 0.167. The van der Waals surface area contributed by atoms with Gasteiger partial charge in [-0.2, -0.15) is 9.78 Å². The Bertz CT molecular complexity index is 653. The molecule has 0 radical (unpaired) electrons. The molecule has 0 saturated heterocycles. The third-order valence-electron chi connectivity index (χ3n) is 2.47. The molecule has 0 spiro atoms. The first-order valence-corrected chi connectivity index (χ1v) is 7.42. The van der Waals surface area contributed by atoms with Crippen LogP contribution in [-0.4, -0.2) is 20.5 Å². The summed E-state index contributed by atoms with van der Waals surface area (Å²) in [5, 5.41) is 6.22. The molecule has 18 heavy (non-hydrogen) atoms. The summed E-state index contributed by atoms with van der Waals surface area (Å²) in [5.74, 6) is 1.61. The van der Waals surface area contributed by atoms with E-state index >= 15 is 0 Å². The summed E-state index contributed by atoms with van der Waals surface area (Å²) >= 11 is 3.27. The Kier molecular flexibility index (Phi) is 2.97. The van der Waals surface area contributed by atoms with Crippen molar-refractivity contribution in [1.82, 2.24) is 14.8 Å². The minimum Gasteiger partial charge on any atom is -0.383 e. The Balaban J connectivity index is 2.08. The zero-order valence-electron chi connectivity index (χ0n) is 9.83. The van der Waals surface area contributed by atoms with Crippen molar-refractivity contribution in [3.63, 3.8) is 0 Å². The molecule has 0 unspecified atom stereocenters. The van der Waals surface area contributed by atoms with Crippen LogP contribution in [0, 0.1) is 0 Å². The molecular weight excluding hydrogens is 264 g/mol. The van der Waals surface area contributed by atoms with Gasteiger partial charge < -0.3 is 5.73 Å². The van der Waals surface area contributed by atoms with Crippen LogP contribution in [0.2, 0.25) is 0 Å². The molecule has 2 N–H and O–H groups in total. The van der Waals surface area contributed by atoms with Gasteiger partial charge >= 0.3 is 0 Å². The highest BCUT2D eigenvalue weighted by atomic mass is 32.2. The van der Waals surface area contributed by atoms with Gasteiger partial charge in [0.05, 0.1) is 10.2 Å². The van der Waals surface area contributed by atoms with Crippen molar-refractivity contribution in [3.05, 3.63) is 30.3 Å². The van der Waals surface area contributed by atoms with Crippen molar-refractivity contribution in [2.45, 2.75) is 11.9 Å². The lowest BCUT2D eigenvalue weighted by atomic mass is 10.3. The number of thioether (sulfide) groups is 1. The molecule has 2 heterocycles. The summed E-state index contributed by atoms with van der Waals surface area (Å²) in [5.41, 5.74) is 6.96. The quantitative estimate of drug-likeness (QED) is 0.746. The van der Waals surface area contributed by atoms with Crippen LogP contribution in [-0.2, 0) is 0 Å². The van der Waals surface area contributed by atoms with Crippen LogP contribution >= 0.6 is 23.1 Å². The van der Waals surface area contributed by atoms with Crippen LogP contribution in [0.15, 0.2) is 35.4 Å². The van der Waals surface area contributed by atoms with E-state index in [1.165, 1.54) is 0 Å². The second-order valence-corrected chi connectivity index (χ2v) is 6.01. The highest BCUT2D eigenvalue weighted by Crippen LogP contribution is 2.27. The van der Waals surface area contributed by atoms with Crippen molar-refractivity contribution in [3.8, 4) is 5.13 Å². The number of nitrogens with zero attached hydrogens (tertiary/aromatic N) is 3. The largest absolute Gasteiger partial charge is 0.383 e. The van der Waals surface area contributed by atoms with Crippen molar-refractivity contribution >= 4 is 39.1 Å². The highest BCUT2D eigenvalue weighted by molar-refractivity contribution is 7.99. The minimum atomic E-state index is 0.630. The number of thiazole rings is 1. The van der Waals surface area contributed by atoms with Gasteiger partial charge in [-0.15, -0.1) is 11.8 Å². The molecule has 4 nitrogen and oxygen atoms in total. The molecule has 0 amide bonds. The van der Waals surface area contributed by atoms with E-state index in [1.54, 1.807) is 27.8 Å². The number of rotatable bonds is 3. The maximum absolute atomic E-state index is 5.98. The van der Waals surface area contributed by atoms with E-state index in [0.717, 1.165) is 26.1 Å². The number of hydrogen-bond donors (Lipinski definition) is 1. The zero-order valence-corrected chi connectivity index (χ0v) is 11.5. The number of para-hydroxylation sites is 1. The second kappa shape index (κ2) is 4.62. The van der Waals surface area contributed by atoms with Crippen LogP contribution in [0.3, 0.4) is 0 Å². The number of fused-ring (bicyclic) bond motifs is 1. The first kappa shape index (κ1) is 11.6. The van der Waals surface area contributed by atoms with E-state index in [9.17, 15) is 0 Å². The Morgan fingerprint density at radius 3 is 3.00 bits per heavy atom. The summed E-state index contributed by atoms with van der Waals surface area (Å²) < 4.78 is 2.86. The topological polar surface area (TPSA) is 56.7 Å². The molecule has 3 rings (SSSR count). The Hall–Kier alpha value is -1.53. The van der Waals surface area contributed by atoms with Crippen molar-refractivity contribution in [1.29, 1.82) is 0 Å². The molecule has 0 aliphatic rings. The number of hydrogen-bond acceptors (Lipinski definition) is 5. The van der Waals surface area contributed by atoms with Crippen LogP contribution in [0.25, 0.3) is 15.3 Å². The normalized spacial score (nSPS) is 11.2. The SMILES string of the molecule is CCSc1cc(N)n(-c2nc3ccccc3s2)n1. The van der Waals surface area contributed by atoms with E-state index in [0.29, 0.717) is 5.82 Å². The molecule has 92 valence electrons. The van der Waals surface area contributed by atoms with Gasteiger partial charge in [0, 0.05) is 6.07 Å². The summed E-state index contributed by atoms with van der Waals surface area (Å²) in [6, 6.07) is 9.93. The molecule has 2 aromatic heterocycles. The number of nitrogen functional groups attached to an aromatic ring is 1. The first-order chi connectivity index (χ1) is 8.78. The number of benzene rings is 1. The predicted molar refractivity (Wildman–Crippen MR) is 77.6 cm³/mol. The highest BCUT2D eigenvalue weighted by Gasteiger charge is 2.11. The monoisotopic (exact) mass is 276 g/mol. The average Bonchev–Trinajstić information content (AvgIpc) is 2.92. The minimum absolute atomic E-state index is 0.630. The molecule has 1 aromatic carbocycles. The zero-order chi connectivity index (χ0) is 12.5. The van der Waals surface area contributed by atoms with Crippen LogP contribution in [0.5, 0.6) is 0 Å². The van der Waals surface area contributed by atoms with Crippen molar-refractivity contribution in [2.75, 3.05) is 11.5 Å². The van der Waals surface area contributed by atoms with Gasteiger partial charge in [0.2, 0.25) is 5.13 Å². The van der Waals surface area contributed by atoms with Crippen LogP contribution < -0.4 is 5.73 Å². The van der Waals surface area contributed by atoms with Gasteiger partial charge in [0.15, 0.2) is 0 Å². The molecule has 0 aliphatic carbocycles. The van der Waals surface area contributed by atoms with E-state index in [2.05, 4.69) is 23.1 Å². The fourth-order valence-electron chi connectivity index (χ4n) is 1.70. The second-order valence-electron chi connectivity index (χ2n) is 3.72. The lowest BCUT2D eigenvalue weighted by molar-refractivity contribution is 0.840. The van der Waals surface area contributed by atoms with Gasteiger partial charge in [-0.25, -0.2) is 4.98 Å². The van der Waals surface area contributed by atoms with Crippen LogP contribution in [0.1, 0.15) is 6.92 Å². The van der Waals surface area contributed by atoms with Crippen LogP contribution in [0.4, 0.5) is 5.82 Å². The van der Waals surface area contributed by atoms with Gasteiger partial charge in [-0.3, -0.25) is 0 Å². The van der Waals surface area contributed by atoms with Gasteiger partial charge in [0.1, 0.15) is 10.8 Å². The Morgan fingerprint density at radius 1 is 1.39 bits per heavy atom. The molecular formula is C12H12N4S2. The third-order valence-corrected chi connectivity index (χ3v) is 4.27. The van der Waals surface area contributed by atoms with E-state index in [1.807, 2.05) is 24.3 Å². The Labute approximate surface area is 113 Å². The van der Waals surface area contributed by atoms with E-state index < -0.39 is 0 Å². The van der Waals surface area contributed by atoms with E-state index in [4.69, 9.17) is 5.73 Å². The predicted octanol–water partition coefficient (Wildman–Crippen LogP) is 3.18. The molecule has 6 heteroatoms. The van der Waals surface area contributed by atoms with Crippen molar-refractivity contribution in [2.24, 2.45) is 0 Å². The summed E-state index contributed by atoms with van der Waals surface area (Å²) in [6.07, 6.45) is 0. The maximum atomic E-state index is 5.98. The smallest absolute Gasteiger partial charge is 0.213 e. The lowest BCUT2D eigenvalue weighted by Gasteiger charge is -1.96. The first-order valence-electron chi connectivity index (χ1n) is 5.62. The molecule has 0 atom stereocenters. The number of aromatic nitrogens is 3. The standard InChI is InChI=1S/C12H12N4S2/c1-2-17-11-7-10(13)16(15-11)12-14-8-5-3-4-6-9(8)18-12/h3-7H,2,13H2,1H3. The number of anilines is 1. The molecule has 0 saturated carbocycles. The van der Waals surface area contributed by atoms with E-state index in [-0.39, 0.29) is 0 Å².